The van der Waals surface area contributed by atoms with Crippen LogP contribution in [0.4, 0.5) is 5.82 Å². The average molecular weight is 977 g/mol. The second-order valence-corrected chi connectivity index (χ2v) is 20.6. The number of phosphoric ester groups is 3. The fourth-order valence-electron chi connectivity index (χ4n) is 6.17. The van der Waals surface area contributed by atoms with E-state index in [1.165, 1.54) is 37.4 Å². The van der Waals surface area contributed by atoms with E-state index in [2.05, 4.69) is 34.4 Å². The molecule has 354 valence electrons. The van der Waals surface area contributed by atoms with E-state index < -0.39 is 89.8 Å². The molecule has 2 aliphatic rings. The number of thioether (sulfide) groups is 1. The van der Waals surface area contributed by atoms with Crippen LogP contribution in [0, 0.1) is 5.41 Å². The van der Waals surface area contributed by atoms with Gasteiger partial charge in [-0.3, -0.25) is 42.2 Å². The van der Waals surface area contributed by atoms with Crippen LogP contribution in [0.2, 0.25) is 0 Å². The first-order valence-corrected chi connectivity index (χ1v) is 24.7. The molecule has 63 heavy (non-hydrogen) atoms. The number of nitrogens with one attached hydrogen (secondary N) is 2. The number of ketones is 1. The Balaban J connectivity index is 1.18. The molecule has 4 rings (SSSR count). The SMILES string of the molecule is CC(=O)CCCCCN1C(=O)CC(SCCNC(=O)CCNC(=O)[C@H](O)C(C)(C)COP(=O)(O)OP(=O)(O)OC[C@@H]2O[C@H](n3cnc4c(N)ncnc43)[C@@H](O)[C@H]2OP(=O)(O)O)C1=O. The van der Waals surface area contributed by atoms with Gasteiger partial charge in [0.1, 0.15) is 42.0 Å². The number of imide groups is 1. The second kappa shape index (κ2) is 22.3. The van der Waals surface area contributed by atoms with E-state index in [1.807, 2.05) is 0 Å². The molecule has 0 spiro atoms. The molecule has 3 unspecified atom stereocenters. The number of phosphoric acid groups is 3. The quantitative estimate of drug-likeness (QED) is 0.0323. The number of anilines is 1. The van der Waals surface area contributed by atoms with Crippen molar-refractivity contribution in [2.45, 2.75) is 95.2 Å². The Morgan fingerprint density at radius 2 is 1.71 bits per heavy atom. The summed E-state index contributed by atoms with van der Waals surface area (Å²) in [6, 6.07) is 0. The molecule has 2 aromatic rings. The number of unbranched alkanes of at least 4 members (excludes halogenated alkanes) is 2. The number of nitrogen functional groups attached to an aromatic ring is 1. The summed E-state index contributed by atoms with van der Waals surface area (Å²) in [5.41, 5.74) is 4.22. The second-order valence-electron chi connectivity index (χ2n) is 15.0. The maximum Gasteiger partial charge on any atom is 0.481 e. The molecule has 31 heteroatoms. The Labute approximate surface area is 363 Å². The third-order valence-corrected chi connectivity index (χ3v) is 13.7. The van der Waals surface area contributed by atoms with E-state index in [9.17, 15) is 67.5 Å². The van der Waals surface area contributed by atoms with E-state index >= 15 is 0 Å². The lowest BCUT2D eigenvalue weighted by Crippen LogP contribution is -2.46. The number of ether oxygens (including phenoxy) is 1. The third kappa shape index (κ3) is 15.4. The van der Waals surface area contributed by atoms with Gasteiger partial charge >= 0.3 is 23.5 Å². The molecule has 4 heterocycles. The van der Waals surface area contributed by atoms with E-state index in [1.54, 1.807) is 0 Å². The highest BCUT2D eigenvalue weighted by atomic mass is 32.2. The van der Waals surface area contributed by atoms with E-state index in [0.717, 1.165) is 17.2 Å². The number of aliphatic hydroxyl groups excluding tert-OH is 2. The molecule has 0 aromatic carbocycles. The number of amides is 4. The fraction of sp³-hybridized carbons (Fsp3) is 0.688. The van der Waals surface area contributed by atoms with Gasteiger partial charge < -0.3 is 55.7 Å². The molecule has 0 bridgehead atoms. The summed E-state index contributed by atoms with van der Waals surface area (Å²) in [5.74, 6) is -1.70. The Hall–Kier alpha value is -3.30. The highest BCUT2D eigenvalue weighted by Gasteiger charge is 2.50. The van der Waals surface area contributed by atoms with Crippen molar-refractivity contribution in [1.29, 1.82) is 0 Å². The number of carbonyl (C=O) groups is 5. The van der Waals surface area contributed by atoms with Crippen molar-refractivity contribution >= 4 is 81.6 Å². The number of aliphatic hydroxyl groups is 2. The summed E-state index contributed by atoms with van der Waals surface area (Å²) < 4.78 is 62.3. The molecule has 0 saturated carbocycles. The minimum atomic E-state index is -5.60. The maximum atomic E-state index is 12.7. The monoisotopic (exact) mass is 976 g/mol. The predicted octanol–water partition coefficient (Wildman–Crippen LogP) is -0.585. The van der Waals surface area contributed by atoms with Crippen LogP contribution < -0.4 is 16.4 Å². The Morgan fingerprint density at radius 1 is 1.02 bits per heavy atom. The van der Waals surface area contributed by atoms with Crippen molar-refractivity contribution < 1.29 is 90.1 Å². The van der Waals surface area contributed by atoms with Crippen LogP contribution >= 0.6 is 35.2 Å². The van der Waals surface area contributed by atoms with Gasteiger partial charge in [0.2, 0.25) is 23.6 Å². The zero-order valence-corrected chi connectivity index (χ0v) is 37.7. The van der Waals surface area contributed by atoms with Gasteiger partial charge in [0, 0.05) is 50.1 Å². The summed E-state index contributed by atoms with van der Waals surface area (Å²) in [7, 11) is -16.5. The zero-order chi connectivity index (χ0) is 46.9. The van der Waals surface area contributed by atoms with Crippen LogP contribution in [-0.2, 0) is 60.3 Å². The number of imidazole rings is 1. The molecule has 8 atom stereocenters. The number of hydrogen-bond acceptors (Lipinski definition) is 20. The van der Waals surface area contributed by atoms with E-state index in [4.69, 9.17) is 19.5 Å². The van der Waals surface area contributed by atoms with Gasteiger partial charge in [0.15, 0.2) is 17.7 Å². The van der Waals surface area contributed by atoms with Crippen LogP contribution in [-0.4, -0.2) is 152 Å². The molecule has 2 fully saturated rings. The van der Waals surface area contributed by atoms with Crippen LogP contribution in [0.25, 0.3) is 11.2 Å². The lowest BCUT2D eigenvalue weighted by molar-refractivity contribution is -0.139. The number of hydrogen-bond donors (Lipinski definition) is 9. The van der Waals surface area contributed by atoms with Crippen molar-refractivity contribution in [3.05, 3.63) is 12.7 Å². The molecule has 10 N–H and O–H groups in total. The molecule has 27 nitrogen and oxygen atoms in total. The Bertz CT molecular complexity index is 2130. The number of nitrogens with two attached hydrogens (primary N) is 1. The van der Waals surface area contributed by atoms with Gasteiger partial charge in [-0.15, -0.1) is 11.8 Å². The summed E-state index contributed by atoms with van der Waals surface area (Å²) in [6.45, 7) is 2.12. The lowest BCUT2D eigenvalue weighted by atomic mass is 9.87. The van der Waals surface area contributed by atoms with Crippen LogP contribution in [0.5, 0.6) is 0 Å². The van der Waals surface area contributed by atoms with Gasteiger partial charge in [0.05, 0.1) is 24.8 Å². The van der Waals surface area contributed by atoms with Gasteiger partial charge in [-0.05, 0) is 19.8 Å². The summed E-state index contributed by atoms with van der Waals surface area (Å²) >= 11 is 1.22. The smallest absolute Gasteiger partial charge is 0.386 e. The van der Waals surface area contributed by atoms with Gasteiger partial charge in [-0.2, -0.15) is 4.31 Å². The van der Waals surface area contributed by atoms with Gasteiger partial charge in [-0.25, -0.2) is 28.6 Å². The van der Waals surface area contributed by atoms with Gasteiger partial charge in [-0.1, -0.05) is 20.3 Å². The number of likely N-dealkylation sites (tertiary alicyclic amines) is 1. The standard InChI is InChI=1S/C32H51N8O19P3S/c1-18(41)7-5-4-6-11-39-22(43)13-20(30(39)47)63-12-10-34-21(42)8-9-35-29(46)26(45)32(2,3)15-56-62(53,54)59-61(51,52)55-14-19-25(58-60(48,49)50)24(44)31(57-19)40-17-38-23-27(33)36-16-37-28(23)40/h16-17,19-20,24-26,31,44-45H,4-15H2,1-3H3,(H,34,42)(H,35,46)(H,51,52)(H,53,54)(H2,33,36,37)(H2,48,49,50)/t19-,20?,24-,25-,26-,31-/m0/s1. The molecule has 2 aromatic heterocycles. The van der Waals surface area contributed by atoms with Crippen LogP contribution in [0.1, 0.15) is 65.5 Å². The summed E-state index contributed by atoms with van der Waals surface area (Å²) in [5, 5.41) is 25.9. The first-order chi connectivity index (χ1) is 29.3. The molecular formula is C32H51N8O19P3S. The number of carbonyl (C=O) groups excluding carboxylic acids is 5. The number of fused-ring (bicyclic) bond motifs is 1. The lowest BCUT2D eigenvalue weighted by Gasteiger charge is -2.30. The van der Waals surface area contributed by atoms with Crippen molar-refractivity contribution in [3.8, 4) is 0 Å². The zero-order valence-electron chi connectivity index (χ0n) is 34.2. The van der Waals surface area contributed by atoms with Crippen LogP contribution in [0.3, 0.4) is 0 Å². The van der Waals surface area contributed by atoms with Gasteiger partial charge in [0.25, 0.3) is 0 Å². The number of nitrogens with zero attached hydrogens (tertiary/aromatic N) is 5. The normalized spacial score (nSPS) is 23.1. The first kappa shape index (κ1) is 52.3. The highest BCUT2D eigenvalue weighted by Crippen LogP contribution is 2.61. The number of rotatable bonds is 26. The Kier molecular flexibility index (Phi) is 18.5. The molecule has 0 radical (unpaired) electrons. The largest absolute Gasteiger partial charge is 0.481 e. The highest BCUT2D eigenvalue weighted by molar-refractivity contribution is 8.00. The predicted molar refractivity (Wildman–Crippen MR) is 216 cm³/mol. The van der Waals surface area contributed by atoms with Crippen LogP contribution in [0.15, 0.2) is 12.7 Å². The van der Waals surface area contributed by atoms with E-state index in [0.29, 0.717) is 31.4 Å². The number of aromatic nitrogens is 4. The summed E-state index contributed by atoms with van der Waals surface area (Å²) in [6.07, 6.45) is -4.56. The molecule has 4 amide bonds. The number of Topliss-reactive ketones (excluding diaryl/α,β-unsaturated/α-hetero) is 1. The van der Waals surface area contributed by atoms with Crippen molar-refractivity contribution in [1.82, 2.24) is 35.1 Å². The Morgan fingerprint density at radius 3 is 2.40 bits per heavy atom. The molecule has 2 saturated heterocycles. The minimum Gasteiger partial charge on any atom is -0.386 e. The molecular weight excluding hydrogens is 925 g/mol. The topological polar surface area (TPSA) is 401 Å². The average Bonchev–Trinajstić information content (AvgIpc) is 3.83. The molecule has 2 aliphatic heterocycles. The summed E-state index contributed by atoms with van der Waals surface area (Å²) in [4.78, 5) is 113. The van der Waals surface area contributed by atoms with Crippen molar-refractivity contribution in [2.24, 2.45) is 5.41 Å². The first-order valence-electron chi connectivity index (χ1n) is 19.1. The van der Waals surface area contributed by atoms with Crippen molar-refractivity contribution in [2.75, 3.05) is 44.3 Å². The fourth-order valence-corrected chi connectivity index (χ4v) is 10.0. The maximum absolute atomic E-state index is 12.7. The molecule has 0 aliphatic carbocycles. The van der Waals surface area contributed by atoms with E-state index in [-0.39, 0.29) is 67.1 Å². The third-order valence-electron chi connectivity index (χ3n) is 9.43. The minimum absolute atomic E-state index is 0.0210. The van der Waals surface area contributed by atoms with Crippen molar-refractivity contribution in [3.63, 3.8) is 0 Å².